The van der Waals surface area contributed by atoms with Crippen LogP contribution in [0.3, 0.4) is 0 Å². The van der Waals surface area contributed by atoms with Crippen molar-refractivity contribution in [3.8, 4) is 0 Å². The van der Waals surface area contributed by atoms with Crippen molar-refractivity contribution in [2.24, 2.45) is 5.92 Å². The number of para-hydroxylation sites is 2. The van der Waals surface area contributed by atoms with Gasteiger partial charge in [-0.15, -0.1) is 0 Å². The molecule has 6 heteroatoms. The summed E-state index contributed by atoms with van der Waals surface area (Å²) in [6.45, 7) is 0. The van der Waals surface area contributed by atoms with Crippen molar-refractivity contribution in [2.75, 3.05) is 5.06 Å². The fourth-order valence-electron chi connectivity index (χ4n) is 3.79. The maximum atomic E-state index is 12.4. The summed E-state index contributed by atoms with van der Waals surface area (Å²) in [6.07, 6.45) is 1.10. The Kier molecular flexibility index (Phi) is 2.96. The summed E-state index contributed by atoms with van der Waals surface area (Å²) in [6, 6.07) is 17.1. The third-order valence-electron chi connectivity index (χ3n) is 4.90. The molecule has 0 radical (unpaired) electrons. The van der Waals surface area contributed by atoms with E-state index in [1.807, 2.05) is 60.8 Å². The number of carbonyl (C=O) groups excluding carboxylic acids is 2. The van der Waals surface area contributed by atoms with Gasteiger partial charge in [-0.05, 0) is 18.2 Å². The average molecular weight is 333 g/mol. The van der Waals surface area contributed by atoms with Gasteiger partial charge in [0.1, 0.15) is 5.92 Å². The summed E-state index contributed by atoms with van der Waals surface area (Å²) in [5.74, 6) is -1.24. The summed E-state index contributed by atoms with van der Waals surface area (Å²) in [5, 5.41) is 5.11. The van der Waals surface area contributed by atoms with Crippen LogP contribution in [0.15, 0.2) is 60.8 Å². The number of hydrogen-bond acceptors (Lipinski definition) is 4. The van der Waals surface area contributed by atoms with Crippen LogP contribution in [-0.4, -0.2) is 22.9 Å². The minimum Gasteiger partial charge on any atom is -0.361 e. The van der Waals surface area contributed by atoms with E-state index in [0.29, 0.717) is 0 Å². The molecule has 3 aromatic rings. The minimum atomic E-state index is -0.800. The first kappa shape index (κ1) is 14.2. The fraction of sp³-hybridized carbons (Fsp3) is 0.158. The van der Waals surface area contributed by atoms with Crippen LogP contribution in [0.1, 0.15) is 11.6 Å². The van der Waals surface area contributed by atoms with Crippen molar-refractivity contribution in [1.82, 2.24) is 10.3 Å². The Balaban J connectivity index is 1.69. The van der Waals surface area contributed by atoms with E-state index in [2.05, 4.69) is 10.3 Å². The van der Waals surface area contributed by atoms with Gasteiger partial charge in [0.15, 0.2) is 6.10 Å². The fourth-order valence-corrected chi connectivity index (χ4v) is 3.79. The SMILES string of the molecule is O=C1NC(=O)[C@H]2ON(c3ccccc3)[C@H](c3c[nH]c4ccccc34)[C@@H]12. The molecule has 2 amide bonds. The average Bonchev–Trinajstić information content (AvgIpc) is 3.30. The van der Waals surface area contributed by atoms with Crippen LogP contribution in [0.25, 0.3) is 10.9 Å². The molecule has 3 heterocycles. The second-order valence-corrected chi connectivity index (χ2v) is 6.30. The number of nitrogens with zero attached hydrogens (tertiary/aromatic N) is 1. The van der Waals surface area contributed by atoms with Crippen molar-refractivity contribution in [3.63, 3.8) is 0 Å². The molecular formula is C19H15N3O3. The number of rotatable bonds is 2. The lowest BCUT2D eigenvalue weighted by Gasteiger charge is -2.26. The molecule has 2 saturated heterocycles. The highest BCUT2D eigenvalue weighted by Gasteiger charge is 2.56. The van der Waals surface area contributed by atoms with E-state index < -0.39 is 12.0 Å². The Morgan fingerprint density at radius 3 is 2.52 bits per heavy atom. The van der Waals surface area contributed by atoms with Gasteiger partial charge in [0, 0.05) is 22.7 Å². The second-order valence-electron chi connectivity index (χ2n) is 6.30. The molecule has 0 saturated carbocycles. The maximum absolute atomic E-state index is 12.4. The van der Waals surface area contributed by atoms with Crippen LogP contribution in [0, 0.1) is 5.92 Å². The van der Waals surface area contributed by atoms with Crippen molar-refractivity contribution in [3.05, 3.63) is 66.4 Å². The van der Waals surface area contributed by atoms with Gasteiger partial charge in [0.2, 0.25) is 5.91 Å². The number of imide groups is 1. The highest BCUT2D eigenvalue weighted by molar-refractivity contribution is 6.08. The molecule has 2 aromatic carbocycles. The molecule has 2 N–H and O–H groups in total. The van der Waals surface area contributed by atoms with E-state index >= 15 is 0 Å². The number of amides is 2. The predicted molar refractivity (Wildman–Crippen MR) is 91.5 cm³/mol. The quantitative estimate of drug-likeness (QED) is 0.706. The zero-order chi connectivity index (χ0) is 17.0. The highest BCUT2D eigenvalue weighted by atomic mass is 16.7. The molecule has 0 spiro atoms. The summed E-state index contributed by atoms with van der Waals surface area (Å²) < 4.78 is 0. The highest BCUT2D eigenvalue weighted by Crippen LogP contribution is 2.46. The molecule has 2 aliphatic heterocycles. The van der Waals surface area contributed by atoms with E-state index in [9.17, 15) is 9.59 Å². The van der Waals surface area contributed by atoms with Gasteiger partial charge >= 0.3 is 0 Å². The van der Waals surface area contributed by atoms with Gasteiger partial charge in [-0.2, -0.15) is 0 Å². The van der Waals surface area contributed by atoms with Crippen molar-refractivity contribution >= 4 is 28.4 Å². The number of hydrogen-bond donors (Lipinski definition) is 2. The number of anilines is 1. The van der Waals surface area contributed by atoms with Crippen LogP contribution < -0.4 is 10.4 Å². The largest absolute Gasteiger partial charge is 0.361 e. The smallest absolute Gasteiger partial charge is 0.259 e. The molecule has 0 unspecified atom stereocenters. The molecule has 3 atom stereocenters. The summed E-state index contributed by atoms with van der Waals surface area (Å²) in [7, 11) is 0. The zero-order valence-corrected chi connectivity index (χ0v) is 13.2. The van der Waals surface area contributed by atoms with E-state index in [-0.39, 0.29) is 17.9 Å². The molecule has 6 nitrogen and oxygen atoms in total. The number of fused-ring (bicyclic) bond motifs is 2. The third-order valence-corrected chi connectivity index (χ3v) is 4.90. The third kappa shape index (κ3) is 2.01. The van der Waals surface area contributed by atoms with Crippen LogP contribution in [0.4, 0.5) is 5.69 Å². The lowest BCUT2D eigenvalue weighted by molar-refractivity contribution is -0.129. The molecule has 2 aliphatic rings. The topological polar surface area (TPSA) is 74.4 Å². The summed E-state index contributed by atoms with van der Waals surface area (Å²) >= 11 is 0. The van der Waals surface area contributed by atoms with Gasteiger partial charge in [0.05, 0.1) is 11.7 Å². The number of nitrogens with one attached hydrogen (secondary N) is 2. The van der Waals surface area contributed by atoms with E-state index in [1.54, 1.807) is 5.06 Å². The summed E-state index contributed by atoms with van der Waals surface area (Å²) in [5.41, 5.74) is 2.74. The standard InChI is InChI=1S/C19H15N3O3/c23-18-15-16(13-10-20-14-9-5-4-8-12(13)14)22(11-6-2-1-3-7-11)25-17(15)19(24)21-18/h1-10,15-17,20H,(H,21,23,24)/t15-,16-,17+/m1/s1. The summed E-state index contributed by atoms with van der Waals surface area (Å²) in [4.78, 5) is 33.7. The number of hydroxylamine groups is 1. The van der Waals surface area contributed by atoms with Gasteiger partial charge in [-0.25, -0.2) is 5.06 Å². The number of H-pyrrole nitrogens is 1. The lowest BCUT2D eigenvalue weighted by Crippen LogP contribution is -2.33. The zero-order valence-electron chi connectivity index (χ0n) is 13.2. The van der Waals surface area contributed by atoms with E-state index in [0.717, 1.165) is 22.2 Å². The molecule has 124 valence electrons. The Hall–Kier alpha value is -3.12. The normalized spacial score (nSPS) is 25.4. The minimum absolute atomic E-state index is 0.288. The van der Waals surface area contributed by atoms with Crippen molar-refractivity contribution in [1.29, 1.82) is 0 Å². The molecule has 0 aliphatic carbocycles. The monoisotopic (exact) mass is 333 g/mol. The first-order valence-electron chi connectivity index (χ1n) is 8.16. The Bertz CT molecular complexity index is 982. The van der Waals surface area contributed by atoms with Gasteiger partial charge in [0.25, 0.3) is 5.91 Å². The number of aromatic nitrogens is 1. The van der Waals surface area contributed by atoms with Crippen molar-refractivity contribution < 1.29 is 14.4 Å². The van der Waals surface area contributed by atoms with E-state index in [4.69, 9.17) is 4.84 Å². The van der Waals surface area contributed by atoms with Gasteiger partial charge < -0.3 is 4.98 Å². The number of carbonyl (C=O) groups is 2. The molecular weight excluding hydrogens is 318 g/mol. The Morgan fingerprint density at radius 2 is 1.68 bits per heavy atom. The molecule has 0 bridgehead atoms. The van der Waals surface area contributed by atoms with E-state index in [1.165, 1.54) is 0 Å². The molecule has 2 fully saturated rings. The van der Waals surface area contributed by atoms with Gasteiger partial charge in [-0.3, -0.25) is 19.7 Å². The first-order valence-corrected chi connectivity index (χ1v) is 8.16. The first-order chi connectivity index (χ1) is 12.2. The molecule has 5 rings (SSSR count). The van der Waals surface area contributed by atoms with Crippen LogP contribution in [-0.2, 0) is 14.4 Å². The lowest BCUT2D eigenvalue weighted by atomic mass is 9.90. The Labute approximate surface area is 143 Å². The van der Waals surface area contributed by atoms with Crippen molar-refractivity contribution in [2.45, 2.75) is 12.1 Å². The predicted octanol–water partition coefficient (Wildman–Crippen LogP) is 2.30. The maximum Gasteiger partial charge on any atom is 0.259 e. The number of aromatic amines is 1. The van der Waals surface area contributed by atoms with Crippen LogP contribution in [0.5, 0.6) is 0 Å². The Morgan fingerprint density at radius 1 is 0.920 bits per heavy atom. The van der Waals surface area contributed by atoms with Crippen LogP contribution >= 0.6 is 0 Å². The molecule has 25 heavy (non-hydrogen) atoms. The number of benzene rings is 2. The molecule has 1 aromatic heterocycles. The van der Waals surface area contributed by atoms with Crippen LogP contribution in [0.2, 0.25) is 0 Å². The second kappa shape index (κ2) is 5.19. The van der Waals surface area contributed by atoms with Gasteiger partial charge in [-0.1, -0.05) is 36.4 Å².